The van der Waals surface area contributed by atoms with Crippen LogP contribution in [0.3, 0.4) is 0 Å². The highest BCUT2D eigenvalue weighted by Crippen LogP contribution is 2.37. The zero-order valence-corrected chi connectivity index (χ0v) is 10.2. The molecular weight excluding hydrogens is 228 g/mol. The lowest BCUT2D eigenvalue weighted by molar-refractivity contribution is 0.0575. The minimum absolute atomic E-state index is 0.0368. The van der Waals surface area contributed by atoms with Crippen molar-refractivity contribution in [3.63, 3.8) is 0 Å². The third-order valence-electron chi connectivity index (χ3n) is 2.82. The third kappa shape index (κ3) is 1.97. The van der Waals surface area contributed by atoms with Crippen LogP contribution in [-0.4, -0.2) is 26.7 Å². The summed E-state index contributed by atoms with van der Waals surface area (Å²) in [5.74, 6) is 1.95. The van der Waals surface area contributed by atoms with Crippen LogP contribution in [0.15, 0.2) is 12.1 Å². The van der Waals surface area contributed by atoms with E-state index in [2.05, 4.69) is 0 Å². The molecule has 1 aromatic carbocycles. The minimum Gasteiger partial charge on any atom is -0.493 e. The molecule has 1 aliphatic rings. The Kier molecular flexibility index (Phi) is 3.56. The number of alkyl halides is 1. The molecular formula is C12H15ClO3. The summed E-state index contributed by atoms with van der Waals surface area (Å²) >= 11 is 5.88. The smallest absolute Gasteiger partial charge is 0.161 e. The van der Waals surface area contributed by atoms with Crippen LogP contribution < -0.4 is 9.47 Å². The predicted octanol–water partition coefficient (Wildman–Crippen LogP) is 2.56. The van der Waals surface area contributed by atoms with Crippen molar-refractivity contribution < 1.29 is 14.2 Å². The molecule has 4 heteroatoms. The quantitative estimate of drug-likeness (QED) is 0.763. The maximum atomic E-state index is 5.88. The maximum Gasteiger partial charge on any atom is 0.161 e. The SMILES string of the molecule is COc1cc2c(cc1OC)C(CCl)OCC2. The summed E-state index contributed by atoms with van der Waals surface area (Å²) < 4.78 is 16.1. The summed E-state index contributed by atoms with van der Waals surface area (Å²) in [6.45, 7) is 0.708. The van der Waals surface area contributed by atoms with Crippen molar-refractivity contribution in [2.24, 2.45) is 0 Å². The molecule has 0 bridgehead atoms. The highest BCUT2D eigenvalue weighted by atomic mass is 35.5. The van der Waals surface area contributed by atoms with Crippen molar-refractivity contribution in [1.82, 2.24) is 0 Å². The molecule has 0 aliphatic carbocycles. The Morgan fingerprint density at radius 3 is 2.62 bits per heavy atom. The number of halogens is 1. The van der Waals surface area contributed by atoms with Gasteiger partial charge in [-0.25, -0.2) is 0 Å². The topological polar surface area (TPSA) is 27.7 Å². The van der Waals surface area contributed by atoms with E-state index in [4.69, 9.17) is 25.8 Å². The van der Waals surface area contributed by atoms with E-state index in [0.717, 1.165) is 23.5 Å². The van der Waals surface area contributed by atoms with Crippen LogP contribution >= 0.6 is 11.6 Å². The van der Waals surface area contributed by atoms with Crippen molar-refractivity contribution in [2.45, 2.75) is 12.5 Å². The normalized spacial score (nSPS) is 19.1. The second kappa shape index (κ2) is 4.93. The number of hydrogen-bond donors (Lipinski definition) is 0. The van der Waals surface area contributed by atoms with Crippen LogP contribution in [0.5, 0.6) is 11.5 Å². The predicted molar refractivity (Wildman–Crippen MR) is 62.7 cm³/mol. The van der Waals surface area contributed by atoms with Gasteiger partial charge in [-0.3, -0.25) is 0 Å². The molecule has 0 radical (unpaired) electrons. The zero-order valence-electron chi connectivity index (χ0n) is 9.46. The van der Waals surface area contributed by atoms with Crippen molar-refractivity contribution in [1.29, 1.82) is 0 Å². The molecule has 0 saturated carbocycles. The summed E-state index contributed by atoms with van der Waals surface area (Å²) in [7, 11) is 3.27. The molecule has 0 N–H and O–H groups in total. The Morgan fingerprint density at radius 1 is 1.31 bits per heavy atom. The van der Waals surface area contributed by atoms with Crippen LogP contribution in [0.25, 0.3) is 0 Å². The van der Waals surface area contributed by atoms with Crippen LogP contribution in [0.1, 0.15) is 17.2 Å². The molecule has 1 atom stereocenters. The third-order valence-corrected chi connectivity index (χ3v) is 3.10. The van der Waals surface area contributed by atoms with Gasteiger partial charge in [0.2, 0.25) is 0 Å². The van der Waals surface area contributed by atoms with E-state index in [0.29, 0.717) is 12.5 Å². The van der Waals surface area contributed by atoms with Gasteiger partial charge in [0.1, 0.15) is 0 Å². The Hall–Kier alpha value is -0.930. The number of benzene rings is 1. The minimum atomic E-state index is -0.0368. The monoisotopic (exact) mass is 242 g/mol. The molecule has 0 amide bonds. The van der Waals surface area contributed by atoms with Crippen LogP contribution in [-0.2, 0) is 11.2 Å². The molecule has 16 heavy (non-hydrogen) atoms. The van der Waals surface area contributed by atoms with E-state index in [1.54, 1.807) is 14.2 Å². The largest absolute Gasteiger partial charge is 0.493 e. The molecule has 1 aliphatic heterocycles. The standard InChI is InChI=1S/C12H15ClO3/c1-14-10-5-8-3-4-16-12(7-13)9(8)6-11(10)15-2/h5-6,12H,3-4,7H2,1-2H3. The number of hydrogen-bond acceptors (Lipinski definition) is 3. The van der Waals surface area contributed by atoms with Crippen molar-refractivity contribution in [3.05, 3.63) is 23.3 Å². The number of fused-ring (bicyclic) bond motifs is 1. The van der Waals surface area contributed by atoms with Crippen molar-refractivity contribution in [2.75, 3.05) is 26.7 Å². The Labute approximate surface area is 100 Å². The number of ether oxygens (including phenoxy) is 3. The summed E-state index contributed by atoms with van der Waals surface area (Å²) in [6.07, 6.45) is 0.855. The van der Waals surface area contributed by atoms with E-state index >= 15 is 0 Å². The van der Waals surface area contributed by atoms with Gasteiger partial charge in [-0.1, -0.05) is 0 Å². The van der Waals surface area contributed by atoms with Gasteiger partial charge in [-0.15, -0.1) is 11.6 Å². The lowest BCUT2D eigenvalue weighted by Gasteiger charge is -2.25. The van der Waals surface area contributed by atoms with Gasteiger partial charge < -0.3 is 14.2 Å². The first-order chi connectivity index (χ1) is 7.80. The second-order valence-corrected chi connectivity index (χ2v) is 3.98. The van der Waals surface area contributed by atoms with E-state index in [1.807, 2.05) is 12.1 Å². The maximum absolute atomic E-state index is 5.88. The lowest BCUT2D eigenvalue weighted by Crippen LogP contribution is -2.17. The molecule has 1 heterocycles. The van der Waals surface area contributed by atoms with Crippen molar-refractivity contribution >= 4 is 11.6 Å². The van der Waals surface area contributed by atoms with E-state index < -0.39 is 0 Å². The van der Waals surface area contributed by atoms with Crippen molar-refractivity contribution in [3.8, 4) is 11.5 Å². The van der Waals surface area contributed by atoms with E-state index in [-0.39, 0.29) is 6.10 Å². The average molecular weight is 243 g/mol. The highest BCUT2D eigenvalue weighted by molar-refractivity contribution is 6.18. The first kappa shape index (κ1) is 11.6. The van der Waals surface area contributed by atoms with E-state index in [1.165, 1.54) is 5.56 Å². The molecule has 0 saturated heterocycles. The Morgan fingerprint density at radius 2 is 2.00 bits per heavy atom. The fourth-order valence-corrected chi connectivity index (χ4v) is 2.24. The molecule has 0 fully saturated rings. The first-order valence-corrected chi connectivity index (χ1v) is 5.76. The van der Waals surface area contributed by atoms with Gasteiger partial charge in [-0.05, 0) is 29.7 Å². The average Bonchev–Trinajstić information content (AvgIpc) is 2.36. The van der Waals surface area contributed by atoms with Gasteiger partial charge in [-0.2, -0.15) is 0 Å². The van der Waals surface area contributed by atoms with E-state index in [9.17, 15) is 0 Å². The lowest BCUT2D eigenvalue weighted by atomic mass is 9.97. The number of rotatable bonds is 3. The van der Waals surface area contributed by atoms with Gasteiger partial charge >= 0.3 is 0 Å². The highest BCUT2D eigenvalue weighted by Gasteiger charge is 2.22. The molecule has 3 nitrogen and oxygen atoms in total. The summed E-state index contributed by atoms with van der Waals surface area (Å²) in [6, 6.07) is 3.97. The molecule has 1 aromatic rings. The summed E-state index contributed by atoms with van der Waals surface area (Å²) in [5, 5.41) is 0. The second-order valence-electron chi connectivity index (χ2n) is 3.67. The zero-order chi connectivity index (χ0) is 11.5. The number of methoxy groups -OCH3 is 2. The molecule has 0 aromatic heterocycles. The first-order valence-electron chi connectivity index (χ1n) is 5.22. The fourth-order valence-electron chi connectivity index (χ4n) is 1.98. The van der Waals surface area contributed by atoms with Gasteiger partial charge in [0, 0.05) is 0 Å². The Balaban J connectivity index is 2.46. The summed E-state index contributed by atoms with van der Waals surface area (Å²) in [4.78, 5) is 0. The molecule has 2 rings (SSSR count). The Bertz CT molecular complexity index is 379. The molecule has 88 valence electrons. The fraction of sp³-hybridized carbons (Fsp3) is 0.500. The van der Waals surface area contributed by atoms with Gasteiger partial charge in [0.05, 0.1) is 32.8 Å². The van der Waals surface area contributed by atoms with Crippen LogP contribution in [0.2, 0.25) is 0 Å². The van der Waals surface area contributed by atoms with Gasteiger partial charge in [0.25, 0.3) is 0 Å². The van der Waals surface area contributed by atoms with Crippen LogP contribution in [0, 0.1) is 0 Å². The molecule has 1 unspecified atom stereocenters. The van der Waals surface area contributed by atoms with Gasteiger partial charge in [0.15, 0.2) is 11.5 Å². The summed E-state index contributed by atoms with van der Waals surface area (Å²) in [5.41, 5.74) is 2.34. The molecule has 0 spiro atoms. The van der Waals surface area contributed by atoms with Crippen LogP contribution in [0.4, 0.5) is 0 Å².